The summed E-state index contributed by atoms with van der Waals surface area (Å²) in [6.07, 6.45) is 0. The minimum atomic E-state index is 0.105. The monoisotopic (exact) mass is 259 g/mol. The van der Waals surface area contributed by atoms with Crippen molar-refractivity contribution in [3.05, 3.63) is 0 Å². The Morgan fingerprint density at radius 2 is 2.06 bits per heavy atom. The average molecular weight is 259 g/mol. The van der Waals surface area contributed by atoms with Crippen molar-refractivity contribution in [1.29, 1.82) is 0 Å². The number of carbonyl (C=O) groups excluding carboxylic acids is 1. The molecule has 0 saturated carbocycles. The van der Waals surface area contributed by atoms with E-state index in [-0.39, 0.29) is 5.91 Å². The maximum atomic E-state index is 11.4. The third kappa shape index (κ3) is 7.63. The van der Waals surface area contributed by atoms with Gasteiger partial charge in [0.05, 0.1) is 6.54 Å². The highest BCUT2D eigenvalue weighted by Crippen LogP contribution is 2.07. The number of nitrogens with one attached hydrogen (secondary N) is 2. The Balaban J connectivity index is 1.94. The lowest BCUT2D eigenvalue weighted by molar-refractivity contribution is -0.120. The van der Waals surface area contributed by atoms with Crippen molar-refractivity contribution in [3.8, 4) is 0 Å². The molecule has 0 unspecified atom stereocenters. The van der Waals surface area contributed by atoms with Crippen molar-refractivity contribution in [2.75, 3.05) is 50.8 Å². The van der Waals surface area contributed by atoms with E-state index < -0.39 is 0 Å². The van der Waals surface area contributed by atoms with Gasteiger partial charge < -0.3 is 15.5 Å². The zero-order chi connectivity index (χ0) is 12.5. The van der Waals surface area contributed by atoms with Crippen LogP contribution in [0.4, 0.5) is 0 Å². The molecule has 1 rings (SSSR count). The van der Waals surface area contributed by atoms with E-state index in [1.54, 1.807) is 0 Å². The molecule has 0 aliphatic carbocycles. The van der Waals surface area contributed by atoms with Gasteiger partial charge >= 0.3 is 0 Å². The lowest BCUT2D eigenvalue weighted by Crippen LogP contribution is -2.41. The Morgan fingerprint density at radius 1 is 1.35 bits per heavy atom. The molecule has 0 aromatic rings. The second-order valence-corrected chi connectivity index (χ2v) is 6.05. The Kier molecular flexibility index (Phi) is 7.64. The first-order valence-corrected chi connectivity index (χ1v) is 7.61. The van der Waals surface area contributed by atoms with Gasteiger partial charge in [0.25, 0.3) is 0 Å². The lowest BCUT2D eigenvalue weighted by atomic mass is 10.2. The predicted octanol–water partition coefficient (Wildman–Crippen LogP) is 0.397. The molecule has 4 nitrogen and oxygen atoms in total. The number of hydrogen-bond donors (Lipinski definition) is 2. The zero-order valence-electron chi connectivity index (χ0n) is 11.0. The average Bonchev–Trinajstić information content (AvgIpc) is 2.33. The lowest BCUT2D eigenvalue weighted by Gasteiger charge is -2.26. The van der Waals surface area contributed by atoms with E-state index in [4.69, 9.17) is 0 Å². The van der Waals surface area contributed by atoms with Gasteiger partial charge in [0.15, 0.2) is 0 Å². The summed E-state index contributed by atoms with van der Waals surface area (Å²) in [4.78, 5) is 13.9. The third-order valence-electron chi connectivity index (χ3n) is 2.70. The zero-order valence-corrected chi connectivity index (χ0v) is 11.8. The topological polar surface area (TPSA) is 44.4 Å². The third-order valence-corrected chi connectivity index (χ3v) is 3.64. The Bertz CT molecular complexity index is 218. The Labute approximate surface area is 109 Å². The molecule has 0 aromatic heterocycles. The van der Waals surface area contributed by atoms with Gasteiger partial charge in [0, 0.05) is 44.2 Å². The minimum absolute atomic E-state index is 0.105. The molecule has 17 heavy (non-hydrogen) atoms. The van der Waals surface area contributed by atoms with Crippen molar-refractivity contribution in [3.63, 3.8) is 0 Å². The fourth-order valence-corrected chi connectivity index (χ4v) is 2.62. The first kappa shape index (κ1) is 14.8. The largest absolute Gasteiger partial charge is 0.355 e. The highest BCUT2D eigenvalue weighted by molar-refractivity contribution is 7.99. The maximum absolute atomic E-state index is 11.4. The van der Waals surface area contributed by atoms with Gasteiger partial charge in [-0.05, 0) is 5.92 Å². The van der Waals surface area contributed by atoms with Crippen molar-refractivity contribution >= 4 is 17.7 Å². The molecule has 1 fully saturated rings. The van der Waals surface area contributed by atoms with E-state index in [9.17, 15) is 4.79 Å². The fraction of sp³-hybridized carbons (Fsp3) is 0.917. The summed E-state index contributed by atoms with van der Waals surface area (Å²) in [6.45, 7) is 9.74. The summed E-state index contributed by atoms with van der Waals surface area (Å²) in [5.74, 6) is 3.11. The minimum Gasteiger partial charge on any atom is -0.355 e. The number of rotatable bonds is 7. The Morgan fingerprint density at radius 3 is 2.71 bits per heavy atom. The first-order valence-electron chi connectivity index (χ1n) is 6.46. The van der Waals surface area contributed by atoms with E-state index in [1.165, 1.54) is 24.6 Å². The van der Waals surface area contributed by atoms with E-state index >= 15 is 0 Å². The molecule has 100 valence electrons. The molecule has 5 heteroatoms. The molecular weight excluding hydrogens is 234 g/mol. The van der Waals surface area contributed by atoms with Crippen molar-refractivity contribution in [2.45, 2.75) is 13.8 Å². The van der Waals surface area contributed by atoms with Crippen LogP contribution in [-0.2, 0) is 4.79 Å². The fourth-order valence-electron chi connectivity index (χ4n) is 1.64. The normalized spacial score (nSPS) is 17.4. The van der Waals surface area contributed by atoms with Crippen molar-refractivity contribution in [2.24, 2.45) is 5.92 Å². The van der Waals surface area contributed by atoms with Crippen LogP contribution in [0.25, 0.3) is 0 Å². The summed E-state index contributed by atoms with van der Waals surface area (Å²) >= 11 is 2.03. The first-order chi connectivity index (χ1) is 8.18. The summed E-state index contributed by atoms with van der Waals surface area (Å²) in [6, 6.07) is 0. The summed E-state index contributed by atoms with van der Waals surface area (Å²) < 4.78 is 0. The quantitative estimate of drug-likeness (QED) is 0.650. The van der Waals surface area contributed by atoms with Crippen LogP contribution < -0.4 is 10.6 Å². The van der Waals surface area contributed by atoms with Crippen LogP contribution in [0.3, 0.4) is 0 Å². The van der Waals surface area contributed by atoms with E-state index in [0.717, 1.165) is 19.6 Å². The summed E-state index contributed by atoms with van der Waals surface area (Å²) in [7, 11) is 0. The van der Waals surface area contributed by atoms with Crippen molar-refractivity contribution < 1.29 is 4.79 Å². The van der Waals surface area contributed by atoms with Gasteiger partial charge in [-0.3, -0.25) is 4.79 Å². The van der Waals surface area contributed by atoms with Crippen LogP contribution in [0.2, 0.25) is 0 Å². The van der Waals surface area contributed by atoms with Crippen LogP contribution in [0.1, 0.15) is 13.8 Å². The number of nitrogens with zero attached hydrogens (tertiary/aromatic N) is 1. The van der Waals surface area contributed by atoms with Crippen LogP contribution >= 0.6 is 11.8 Å². The van der Waals surface area contributed by atoms with E-state index in [2.05, 4.69) is 29.4 Å². The predicted molar refractivity (Wildman–Crippen MR) is 74.5 cm³/mol. The van der Waals surface area contributed by atoms with Gasteiger partial charge in [-0.25, -0.2) is 0 Å². The molecule has 1 aliphatic rings. The maximum Gasteiger partial charge on any atom is 0.233 e. The molecule has 1 saturated heterocycles. The number of thioether (sulfide) groups is 1. The molecule has 1 heterocycles. The summed E-state index contributed by atoms with van der Waals surface area (Å²) in [5, 5.41) is 6.10. The molecule has 0 radical (unpaired) electrons. The van der Waals surface area contributed by atoms with E-state index in [1.807, 2.05) is 11.8 Å². The van der Waals surface area contributed by atoms with Gasteiger partial charge in [-0.1, -0.05) is 13.8 Å². The number of hydrogen-bond acceptors (Lipinski definition) is 4. The van der Waals surface area contributed by atoms with Gasteiger partial charge in [-0.15, -0.1) is 0 Å². The van der Waals surface area contributed by atoms with Crippen LogP contribution in [-0.4, -0.2) is 61.6 Å². The SMILES string of the molecule is CC(C)CNC(=O)CNCCN1CCSCC1. The second kappa shape index (κ2) is 8.78. The standard InChI is InChI=1S/C12H25N3OS/c1-11(2)9-14-12(16)10-13-3-4-15-5-7-17-8-6-15/h11,13H,3-10H2,1-2H3,(H,14,16). The molecule has 0 bridgehead atoms. The molecule has 0 spiro atoms. The second-order valence-electron chi connectivity index (χ2n) is 4.83. The number of carbonyl (C=O) groups is 1. The molecule has 0 aromatic carbocycles. The Hall–Kier alpha value is -0.260. The van der Waals surface area contributed by atoms with Crippen LogP contribution in [0.15, 0.2) is 0 Å². The smallest absolute Gasteiger partial charge is 0.233 e. The van der Waals surface area contributed by atoms with E-state index in [0.29, 0.717) is 12.5 Å². The highest BCUT2D eigenvalue weighted by atomic mass is 32.2. The molecule has 1 amide bonds. The highest BCUT2D eigenvalue weighted by Gasteiger charge is 2.09. The van der Waals surface area contributed by atoms with Crippen LogP contribution in [0, 0.1) is 5.92 Å². The molecular formula is C12H25N3OS. The molecule has 1 aliphatic heterocycles. The van der Waals surface area contributed by atoms with Gasteiger partial charge in [-0.2, -0.15) is 11.8 Å². The molecule has 0 atom stereocenters. The number of amides is 1. The van der Waals surface area contributed by atoms with Gasteiger partial charge in [0.1, 0.15) is 0 Å². The summed E-state index contributed by atoms with van der Waals surface area (Å²) in [5.41, 5.74) is 0. The van der Waals surface area contributed by atoms with Gasteiger partial charge in [0.2, 0.25) is 5.91 Å². The van der Waals surface area contributed by atoms with Crippen LogP contribution in [0.5, 0.6) is 0 Å². The van der Waals surface area contributed by atoms with Crippen molar-refractivity contribution in [1.82, 2.24) is 15.5 Å². The molecule has 2 N–H and O–H groups in total.